The van der Waals surface area contributed by atoms with Crippen molar-refractivity contribution in [1.29, 1.82) is 0 Å². The molecule has 0 saturated carbocycles. The predicted molar refractivity (Wildman–Crippen MR) is 46.7 cm³/mol. The Kier molecular flexibility index (Phi) is 1.51. The number of carbonyl (C=O) groups excluding carboxylic acids is 1. The highest BCUT2D eigenvalue weighted by molar-refractivity contribution is 5.69. The molecule has 1 N–H and O–H groups in total. The Hall–Kier alpha value is -1.15. The van der Waals surface area contributed by atoms with Crippen molar-refractivity contribution in [2.24, 2.45) is 0 Å². The van der Waals surface area contributed by atoms with Crippen LogP contribution in [0.15, 0.2) is 24.3 Å². The van der Waals surface area contributed by atoms with E-state index in [1.165, 1.54) is 5.56 Å². The molecule has 12 heavy (non-hydrogen) atoms. The van der Waals surface area contributed by atoms with Crippen molar-refractivity contribution in [2.45, 2.75) is 19.0 Å². The van der Waals surface area contributed by atoms with Gasteiger partial charge in [-0.2, -0.15) is 0 Å². The Morgan fingerprint density at radius 1 is 1.50 bits per heavy atom. The maximum atomic E-state index is 10.8. The van der Waals surface area contributed by atoms with Gasteiger partial charge >= 0.3 is 0 Å². The van der Waals surface area contributed by atoms with Gasteiger partial charge in [0, 0.05) is 6.54 Å². The van der Waals surface area contributed by atoms with Gasteiger partial charge in [0.1, 0.15) is 6.29 Å². The van der Waals surface area contributed by atoms with Crippen LogP contribution in [0.25, 0.3) is 0 Å². The normalized spacial score (nSPS) is 26.8. The molecule has 1 aliphatic heterocycles. The number of carbonyl (C=O) groups is 1. The van der Waals surface area contributed by atoms with Crippen LogP contribution in [0, 0.1) is 0 Å². The predicted octanol–water partition coefficient (Wildman–Crippen LogP) is 1.20. The molecule has 1 heterocycles. The lowest BCUT2D eigenvalue weighted by atomic mass is 9.94. The number of rotatable bonds is 1. The highest BCUT2D eigenvalue weighted by atomic mass is 16.1. The van der Waals surface area contributed by atoms with Crippen molar-refractivity contribution in [3.05, 3.63) is 35.4 Å². The van der Waals surface area contributed by atoms with E-state index >= 15 is 0 Å². The average Bonchev–Trinajstić information content (AvgIpc) is 2.46. The summed E-state index contributed by atoms with van der Waals surface area (Å²) in [5.41, 5.74) is 1.88. The van der Waals surface area contributed by atoms with Crippen LogP contribution in [0.5, 0.6) is 0 Å². The van der Waals surface area contributed by atoms with Crippen molar-refractivity contribution in [2.75, 3.05) is 0 Å². The second kappa shape index (κ2) is 2.42. The molecule has 0 aliphatic carbocycles. The molecule has 0 spiro atoms. The number of benzene rings is 1. The summed E-state index contributed by atoms with van der Waals surface area (Å²) >= 11 is 0. The van der Waals surface area contributed by atoms with E-state index in [0.717, 1.165) is 18.4 Å². The van der Waals surface area contributed by atoms with Gasteiger partial charge in [-0.15, -0.1) is 0 Å². The zero-order valence-electron chi connectivity index (χ0n) is 7.00. The van der Waals surface area contributed by atoms with E-state index < -0.39 is 5.54 Å². The summed E-state index contributed by atoms with van der Waals surface area (Å²) in [5.74, 6) is 0. The standard InChI is InChI=1S/C10H11NO/c1-10(7-12)9-5-3-2-4-8(9)6-11-10/h2-5,7,11H,6H2,1H3. The number of nitrogens with one attached hydrogen (secondary N) is 1. The third-order valence-corrected chi connectivity index (χ3v) is 2.46. The van der Waals surface area contributed by atoms with Gasteiger partial charge in [0.25, 0.3) is 0 Å². The first-order chi connectivity index (χ1) is 5.76. The monoisotopic (exact) mass is 161 g/mol. The Morgan fingerprint density at radius 2 is 2.25 bits per heavy atom. The van der Waals surface area contributed by atoms with Crippen LogP contribution in [-0.4, -0.2) is 6.29 Å². The van der Waals surface area contributed by atoms with Gasteiger partial charge in [-0.1, -0.05) is 24.3 Å². The molecule has 0 aromatic heterocycles. The van der Waals surface area contributed by atoms with Gasteiger partial charge in [-0.3, -0.25) is 5.32 Å². The second-order valence-corrected chi connectivity index (χ2v) is 3.33. The number of aldehydes is 1. The molecule has 0 bridgehead atoms. The number of fused-ring (bicyclic) bond motifs is 1. The molecule has 1 aromatic carbocycles. The maximum Gasteiger partial charge on any atom is 0.144 e. The van der Waals surface area contributed by atoms with E-state index in [2.05, 4.69) is 11.4 Å². The molecule has 2 heteroatoms. The molecule has 0 fully saturated rings. The van der Waals surface area contributed by atoms with Gasteiger partial charge in [-0.05, 0) is 18.1 Å². The molecule has 0 radical (unpaired) electrons. The molecule has 1 atom stereocenters. The summed E-state index contributed by atoms with van der Waals surface area (Å²) in [5, 5.41) is 3.18. The van der Waals surface area contributed by atoms with Crippen molar-refractivity contribution in [3.8, 4) is 0 Å². The molecule has 2 rings (SSSR count). The van der Waals surface area contributed by atoms with Crippen molar-refractivity contribution in [1.82, 2.24) is 5.32 Å². The Morgan fingerprint density at radius 3 is 3.00 bits per heavy atom. The summed E-state index contributed by atoms with van der Waals surface area (Å²) in [4.78, 5) is 10.8. The smallest absolute Gasteiger partial charge is 0.144 e. The quantitative estimate of drug-likeness (QED) is 0.627. The lowest BCUT2D eigenvalue weighted by Crippen LogP contribution is -2.34. The van der Waals surface area contributed by atoms with E-state index in [4.69, 9.17) is 0 Å². The zero-order valence-corrected chi connectivity index (χ0v) is 7.00. The zero-order chi connectivity index (χ0) is 8.60. The van der Waals surface area contributed by atoms with Crippen molar-refractivity contribution in [3.63, 3.8) is 0 Å². The molecule has 1 aliphatic rings. The lowest BCUT2D eigenvalue weighted by molar-refractivity contribution is -0.112. The summed E-state index contributed by atoms with van der Waals surface area (Å²) in [6.07, 6.45) is 0.971. The van der Waals surface area contributed by atoms with E-state index in [0.29, 0.717) is 0 Å². The van der Waals surface area contributed by atoms with Crippen LogP contribution in [0.1, 0.15) is 18.1 Å². The largest absolute Gasteiger partial charge is 0.301 e. The van der Waals surface area contributed by atoms with E-state index in [-0.39, 0.29) is 0 Å². The lowest BCUT2D eigenvalue weighted by Gasteiger charge is -2.17. The highest BCUT2D eigenvalue weighted by Crippen LogP contribution is 2.28. The Bertz CT molecular complexity index is 321. The van der Waals surface area contributed by atoms with Gasteiger partial charge < -0.3 is 4.79 Å². The maximum absolute atomic E-state index is 10.8. The molecular formula is C10H11NO. The minimum atomic E-state index is -0.462. The van der Waals surface area contributed by atoms with Gasteiger partial charge in [0.05, 0.1) is 5.54 Å². The van der Waals surface area contributed by atoms with Crippen LogP contribution in [0.4, 0.5) is 0 Å². The number of hydrogen-bond acceptors (Lipinski definition) is 2. The number of hydrogen-bond donors (Lipinski definition) is 1. The molecule has 1 unspecified atom stereocenters. The first-order valence-corrected chi connectivity index (χ1v) is 4.06. The van der Waals surface area contributed by atoms with Crippen molar-refractivity contribution >= 4 is 6.29 Å². The minimum Gasteiger partial charge on any atom is -0.301 e. The third kappa shape index (κ3) is 0.883. The van der Waals surface area contributed by atoms with E-state index in [9.17, 15) is 4.79 Å². The van der Waals surface area contributed by atoms with Gasteiger partial charge in [0.15, 0.2) is 0 Å². The second-order valence-electron chi connectivity index (χ2n) is 3.33. The fourth-order valence-electron chi connectivity index (χ4n) is 1.66. The molecule has 1 aromatic rings. The van der Waals surface area contributed by atoms with Gasteiger partial charge in [0.2, 0.25) is 0 Å². The molecular weight excluding hydrogens is 150 g/mol. The Labute approximate surface area is 71.6 Å². The van der Waals surface area contributed by atoms with Crippen LogP contribution in [0.2, 0.25) is 0 Å². The van der Waals surface area contributed by atoms with Gasteiger partial charge in [-0.25, -0.2) is 0 Å². The summed E-state index contributed by atoms with van der Waals surface area (Å²) < 4.78 is 0. The Balaban J connectivity index is 2.56. The van der Waals surface area contributed by atoms with Crippen LogP contribution >= 0.6 is 0 Å². The molecule has 62 valence electrons. The summed E-state index contributed by atoms with van der Waals surface area (Å²) in [6, 6.07) is 8.02. The minimum absolute atomic E-state index is 0.462. The first-order valence-electron chi connectivity index (χ1n) is 4.06. The van der Waals surface area contributed by atoms with Crippen LogP contribution < -0.4 is 5.32 Å². The fraction of sp³-hybridized carbons (Fsp3) is 0.300. The highest BCUT2D eigenvalue weighted by Gasteiger charge is 2.32. The molecule has 2 nitrogen and oxygen atoms in total. The molecule has 0 saturated heterocycles. The first kappa shape index (κ1) is 7.50. The van der Waals surface area contributed by atoms with Crippen molar-refractivity contribution < 1.29 is 4.79 Å². The van der Waals surface area contributed by atoms with E-state index in [1.807, 2.05) is 25.1 Å². The SMILES string of the molecule is CC1(C=O)NCc2ccccc21. The third-order valence-electron chi connectivity index (χ3n) is 2.46. The van der Waals surface area contributed by atoms with Crippen LogP contribution in [-0.2, 0) is 16.9 Å². The van der Waals surface area contributed by atoms with Crippen LogP contribution in [0.3, 0.4) is 0 Å². The van der Waals surface area contributed by atoms with E-state index in [1.54, 1.807) is 0 Å². The summed E-state index contributed by atoms with van der Waals surface area (Å²) in [7, 11) is 0. The fourth-order valence-corrected chi connectivity index (χ4v) is 1.66. The molecule has 0 amide bonds. The average molecular weight is 161 g/mol. The summed E-state index contributed by atoms with van der Waals surface area (Å²) in [6.45, 7) is 2.71. The topological polar surface area (TPSA) is 29.1 Å².